The largest absolute Gasteiger partial charge is 0.508 e. The van der Waals surface area contributed by atoms with Crippen molar-refractivity contribution in [3.8, 4) is 22.8 Å². The number of hydrogen-bond acceptors (Lipinski definition) is 7. The highest BCUT2D eigenvalue weighted by molar-refractivity contribution is 6.01. The molecule has 3 saturated heterocycles. The van der Waals surface area contributed by atoms with Crippen LogP contribution in [0.3, 0.4) is 0 Å². The number of phenols is 1. The summed E-state index contributed by atoms with van der Waals surface area (Å²) in [5.41, 5.74) is 2.20. The topological polar surface area (TPSA) is 73.8 Å². The molecule has 2 aromatic heterocycles. The molecule has 2 N–H and O–H groups in total. The lowest BCUT2D eigenvalue weighted by molar-refractivity contribution is 0.114. The number of rotatable bonds is 8. The predicted molar refractivity (Wildman–Crippen MR) is 171 cm³/mol. The van der Waals surface area contributed by atoms with Crippen LogP contribution in [0, 0.1) is 5.82 Å². The van der Waals surface area contributed by atoms with Gasteiger partial charge in [0.15, 0.2) is 5.82 Å². The number of aryl methyl sites for hydroxylation is 1. The van der Waals surface area contributed by atoms with Gasteiger partial charge in [-0.05, 0) is 80.1 Å². The number of benzene rings is 2. The van der Waals surface area contributed by atoms with Crippen LogP contribution in [-0.2, 0) is 6.42 Å². The third-order valence-electron chi connectivity index (χ3n) is 9.95. The predicted octanol–water partition coefficient (Wildman–Crippen LogP) is 6.44. The second-order valence-electron chi connectivity index (χ2n) is 12.6. The number of ether oxygens (including phenoxy) is 1. The van der Waals surface area contributed by atoms with Gasteiger partial charge in [0.2, 0.25) is 0 Å². The lowest BCUT2D eigenvalue weighted by Gasteiger charge is -2.35. The molecule has 5 heterocycles. The third-order valence-corrected chi connectivity index (χ3v) is 9.95. The number of nitrogens with one attached hydrogen (secondary N) is 1. The molecule has 43 heavy (non-hydrogen) atoms. The summed E-state index contributed by atoms with van der Waals surface area (Å²) in [5, 5.41) is 16.6. The van der Waals surface area contributed by atoms with E-state index >= 15 is 4.39 Å². The zero-order valence-corrected chi connectivity index (χ0v) is 25.3. The van der Waals surface area contributed by atoms with Crippen molar-refractivity contribution >= 4 is 27.5 Å². The first-order chi connectivity index (χ1) is 21.0. The Morgan fingerprint density at radius 1 is 1.12 bits per heavy atom. The van der Waals surface area contributed by atoms with Crippen LogP contribution in [-0.4, -0.2) is 70.9 Å². The van der Waals surface area contributed by atoms with Gasteiger partial charge >= 0.3 is 0 Å². The molecule has 2 aromatic carbocycles. The van der Waals surface area contributed by atoms with Crippen LogP contribution < -0.4 is 15.0 Å². The summed E-state index contributed by atoms with van der Waals surface area (Å²) in [4.78, 5) is 14.5. The highest BCUT2D eigenvalue weighted by Crippen LogP contribution is 2.42. The van der Waals surface area contributed by atoms with Crippen LogP contribution in [0.25, 0.3) is 32.9 Å². The number of halogens is 1. The maximum atomic E-state index is 16.8. The Balaban J connectivity index is 1.36. The number of fused-ring (bicyclic) bond motifs is 3. The maximum absolute atomic E-state index is 16.8. The number of piperazine rings is 1. The number of nitrogens with zero attached hydrogens (tertiary/aromatic N) is 4. The van der Waals surface area contributed by atoms with Gasteiger partial charge in [0.25, 0.3) is 0 Å². The Morgan fingerprint density at radius 2 is 1.95 bits per heavy atom. The number of hydrogen-bond donors (Lipinski definition) is 2. The van der Waals surface area contributed by atoms with E-state index in [1.54, 1.807) is 18.3 Å². The molecule has 7 nitrogen and oxygen atoms in total. The van der Waals surface area contributed by atoms with Crippen LogP contribution in [0.4, 0.5) is 10.2 Å². The van der Waals surface area contributed by atoms with E-state index in [4.69, 9.17) is 9.72 Å². The number of pyridine rings is 2. The quantitative estimate of drug-likeness (QED) is 0.247. The molecule has 1 unspecified atom stereocenters. The molecule has 0 saturated carbocycles. The van der Waals surface area contributed by atoms with Crippen molar-refractivity contribution in [2.24, 2.45) is 0 Å². The van der Waals surface area contributed by atoms with Crippen molar-refractivity contribution in [1.82, 2.24) is 20.2 Å². The minimum atomic E-state index is -0.483. The van der Waals surface area contributed by atoms with Crippen molar-refractivity contribution in [2.75, 3.05) is 44.2 Å². The fourth-order valence-corrected chi connectivity index (χ4v) is 7.80. The third kappa shape index (κ3) is 5.08. The minimum Gasteiger partial charge on any atom is -0.508 e. The summed E-state index contributed by atoms with van der Waals surface area (Å²) in [6.45, 7) is 9.61. The Labute approximate surface area is 253 Å². The van der Waals surface area contributed by atoms with E-state index in [-0.39, 0.29) is 22.5 Å². The zero-order valence-electron chi connectivity index (χ0n) is 25.3. The first kappa shape index (κ1) is 28.3. The Morgan fingerprint density at radius 3 is 2.74 bits per heavy atom. The lowest BCUT2D eigenvalue weighted by atomic mass is 9.95. The summed E-state index contributed by atoms with van der Waals surface area (Å²) in [6.07, 6.45) is 9.35. The van der Waals surface area contributed by atoms with Gasteiger partial charge in [-0.25, -0.2) is 9.37 Å². The number of aromatic hydroxyl groups is 1. The molecular weight excluding hydrogens is 541 g/mol. The molecule has 8 heteroatoms. The highest BCUT2D eigenvalue weighted by atomic mass is 19.1. The van der Waals surface area contributed by atoms with Crippen molar-refractivity contribution in [2.45, 2.75) is 70.4 Å². The van der Waals surface area contributed by atoms with Gasteiger partial charge in [0.1, 0.15) is 35.1 Å². The Hall–Kier alpha value is -3.49. The second kappa shape index (κ2) is 11.5. The average Bonchev–Trinajstić information content (AvgIpc) is 3.60. The van der Waals surface area contributed by atoms with E-state index < -0.39 is 5.82 Å². The summed E-state index contributed by atoms with van der Waals surface area (Å²) in [5.74, 6) is 0.987. The molecule has 0 spiro atoms. The lowest BCUT2D eigenvalue weighted by Crippen LogP contribution is -2.51. The van der Waals surface area contributed by atoms with Crippen LogP contribution in [0.5, 0.6) is 11.5 Å². The van der Waals surface area contributed by atoms with E-state index in [1.165, 1.54) is 12.8 Å². The number of phenolic OH excluding ortho intramolecular Hbond substituents is 1. The van der Waals surface area contributed by atoms with Gasteiger partial charge < -0.3 is 20.1 Å². The number of aromatic nitrogens is 2. The van der Waals surface area contributed by atoms with E-state index in [0.29, 0.717) is 29.3 Å². The zero-order chi connectivity index (χ0) is 29.6. The van der Waals surface area contributed by atoms with Crippen LogP contribution >= 0.6 is 0 Å². The van der Waals surface area contributed by atoms with Gasteiger partial charge in [-0.15, -0.1) is 0 Å². The van der Waals surface area contributed by atoms with Crippen LogP contribution in [0.2, 0.25) is 0 Å². The highest BCUT2D eigenvalue weighted by Gasteiger charge is 2.45. The fraction of sp³-hybridized carbons (Fsp3) is 0.486. The first-order valence-electron chi connectivity index (χ1n) is 16.1. The van der Waals surface area contributed by atoms with E-state index in [9.17, 15) is 5.11 Å². The monoisotopic (exact) mass is 583 g/mol. The molecule has 4 aromatic rings. The molecular formula is C35H42FN5O2. The molecule has 3 fully saturated rings. The fourth-order valence-electron chi connectivity index (χ4n) is 7.80. The summed E-state index contributed by atoms with van der Waals surface area (Å²) >= 11 is 0. The maximum Gasteiger partial charge on any atom is 0.175 e. The first-order valence-corrected chi connectivity index (χ1v) is 16.1. The van der Waals surface area contributed by atoms with Gasteiger partial charge in [-0.3, -0.25) is 9.88 Å². The Kier molecular flexibility index (Phi) is 7.60. The van der Waals surface area contributed by atoms with Gasteiger partial charge in [0.05, 0.1) is 10.9 Å². The molecule has 1 atom stereocenters. The second-order valence-corrected chi connectivity index (χ2v) is 12.6. The van der Waals surface area contributed by atoms with Gasteiger partial charge in [-0.2, -0.15) is 0 Å². The normalized spacial score (nSPS) is 20.3. The van der Waals surface area contributed by atoms with Crippen LogP contribution in [0.1, 0.15) is 57.9 Å². The SMILES string of the molecule is CCCC1CN(c2cc(OCC34CCCN3CCC4)c3cnc(-c4cc(O)cc5cccc(CC)c45)c(F)c3n2)CCN1. The summed E-state index contributed by atoms with van der Waals surface area (Å²) in [7, 11) is 0. The van der Waals surface area contributed by atoms with Crippen LogP contribution in [0.15, 0.2) is 42.6 Å². The molecule has 0 amide bonds. The van der Waals surface area contributed by atoms with Crippen molar-refractivity contribution < 1.29 is 14.2 Å². The average molecular weight is 584 g/mol. The minimum absolute atomic E-state index is 0.0694. The molecule has 0 bridgehead atoms. The standard InChI is InChI=1S/C35H42FN5O2/c1-3-8-25-21-40(16-13-37-25)30-19-29(43-22-35-11-6-14-41(35)15-7-12-35)28-20-38-33(32(36)34(28)39-30)27-18-26(42)17-24-10-5-9-23(4-2)31(24)27/h5,9-10,17-20,25,37,42H,3-4,6-8,11-16,21-22H2,1-2H3. The Bertz CT molecular complexity index is 1650. The van der Waals surface area contributed by atoms with Gasteiger partial charge in [-0.1, -0.05) is 38.5 Å². The van der Waals surface area contributed by atoms with E-state index in [0.717, 1.165) is 87.0 Å². The van der Waals surface area contributed by atoms with E-state index in [1.807, 2.05) is 18.2 Å². The van der Waals surface area contributed by atoms with Crippen molar-refractivity contribution in [1.29, 1.82) is 0 Å². The number of anilines is 1. The molecule has 0 aliphatic carbocycles. The summed E-state index contributed by atoms with van der Waals surface area (Å²) < 4.78 is 23.5. The molecule has 7 rings (SSSR count). The molecule has 3 aliphatic heterocycles. The molecule has 226 valence electrons. The smallest absolute Gasteiger partial charge is 0.175 e. The molecule has 0 radical (unpaired) electrons. The van der Waals surface area contributed by atoms with E-state index in [2.05, 4.69) is 40.0 Å². The summed E-state index contributed by atoms with van der Waals surface area (Å²) in [6, 6.07) is 11.7. The van der Waals surface area contributed by atoms with Crippen molar-refractivity contribution in [3.63, 3.8) is 0 Å². The van der Waals surface area contributed by atoms with Crippen molar-refractivity contribution in [3.05, 3.63) is 54.0 Å². The molecule has 3 aliphatic rings. The van der Waals surface area contributed by atoms with Gasteiger partial charge in [0, 0.05) is 43.5 Å².